The molecule has 4 rings (SSSR count). The number of carboxylic acid groups (broad SMARTS) is 1. The summed E-state index contributed by atoms with van der Waals surface area (Å²) in [6, 6.07) is 16.4. The summed E-state index contributed by atoms with van der Waals surface area (Å²) >= 11 is 0. The van der Waals surface area contributed by atoms with Crippen LogP contribution in [0.4, 0.5) is 5.82 Å². The number of aromatic amines is 1. The number of nitrogens with two attached hydrogens (primary N) is 3. The lowest BCUT2D eigenvalue weighted by Crippen LogP contribution is -2.26. The quantitative estimate of drug-likeness (QED) is 0.0446. The maximum absolute atomic E-state index is 11.9. The first kappa shape index (κ1) is 32.8. The lowest BCUT2D eigenvalue weighted by Gasteiger charge is -2.36. The van der Waals surface area contributed by atoms with Gasteiger partial charge in [-0.25, -0.2) is 9.79 Å². The van der Waals surface area contributed by atoms with Gasteiger partial charge in [0.2, 0.25) is 0 Å². The van der Waals surface area contributed by atoms with Gasteiger partial charge in [0, 0.05) is 18.7 Å². The van der Waals surface area contributed by atoms with Gasteiger partial charge in [-0.3, -0.25) is 0 Å². The Bertz CT molecular complexity index is 1430. The Morgan fingerprint density at radius 3 is 2.48 bits per heavy atom. The fourth-order valence-electron chi connectivity index (χ4n) is 6.26. The van der Waals surface area contributed by atoms with E-state index in [1.54, 1.807) is 6.20 Å². The monoisotopic (exact) mass is 599 g/mol. The SMILES string of the molecule is NC(N)=NC/C(=C\C(=O)O)[C@@H](C[C@@H]1C=Cc2cc3ccccc3cc2[C@H]1CCC[C@H](N)CCCCCCO)[N-]c1ccc[nH]1. The fraction of sp³-hybridized carbons (Fsp3) is 0.429. The van der Waals surface area contributed by atoms with Crippen LogP contribution in [0.1, 0.15) is 74.8 Å². The van der Waals surface area contributed by atoms with Crippen molar-refractivity contribution in [3.05, 3.63) is 88.9 Å². The van der Waals surface area contributed by atoms with Crippen LogP contribution in [0.2, 0.25) is 0 Å². The van der Waals surface area contributed by atoms with Crippen LogP contribution in [0, 0.1) is 5.92 Å². The number of guanidine groups is 1. The molecule has 9 N–H and O–H groups in total. The van der Waals surface area contributed by atoms with E-state index in [4.69, 9.17) is 27.6 Å². The Morgan fingerprint density at radius 2 is 1.77 bits per heavy atom. The van der Waals surface area contributed by atoms with Gasteiger partial charge in [-0.05, 0) is 83.5 Å². The molecule has 0 amide bonds. The summed E-state index contributed by atoms with van der Waals surface area (Å²) in [5.41, 5.74) is 20.9. The molecule has 236 valence electrons. The van der Waals surface area contributed by atoms with E-state index in [9.17, 15) is 9.90 Å². The topological polar surface area (TPSA) is 178 Å². The molecular formula is C35H47N6O3-. The average Bonchev–Trinajstić information content (AvgIpc) is 3.51. The molecule has 0 bridgehead atoms. The number of nitrogens with zero attached hydrogens (tertiary/aromatic N) is 2. The third-order valence-corrected chi connectivity index (χ3v) is 8.52. The second kappa shape index (κ2) is 16.7. The van der Waals surface area contributed by atoms with Gasteiger partial charge in [0.05, 0.1) is 6.54 Å². The number of carboxylic acids is 1. The van der Waals surface area contributed by atoms with Gasteiger partial charge in [0.25, 0.3) is 0 Å². The number of aliphatic carboxylic acids is 1. The summed E-state index contributed by atoms with van der Waals surface area (Å²) in [6.45, 7) is 0.305. The molecule has 3 aromatic rings. The Hall–Kier alpha value is -4.08. The molecule has 1 aliphatic rings. The fourth-order valence-corrected chi connectivity index (χ4v) is 6.26. The summed E-state index contributed by atoms with van der Waals surface area (Å²) in [5, 5.41) is 26.1. The zero-order valence-electron chi connectivity index (χ0n) is 25.4. The molecule has 1 aliphatic carbocycles. The molecular weight excluding hydrogens is 552 g/mol. The maximum Gasteiger partial charge on any atom is 0.328 e. The van der Waals surface area contributed by atoms with Crippen LogP contribution in [0.5, 0.6) is 0 Å². The highest BCUT2D eigenvalue weighted by atomic mass is 16.4. The number of unbranched alkanes of at least 4 members (excludes halogenated alkanes) is 3. The van der Waals surface area contributed by atoms with Crippen molar-refractivity contribution in [3.8, 4) is 0 Å². The second-order valence-corrected chi connectivity index (χ2v) is 11.8. The van der Waals surface area contributed by atoms with Crippen molar-refractivity contribution in [1.82, 2.24) is 4.98 Å². The predicted molar refractivity (Wildman–Crippen MR) is 180 cm³/mol. The number of rotatable bonds is 18. The van der Waals surface area contributed by atoms with E-state index in [0.717, 1.165) is 51.4 Å². The number of aromatic nitrogens is 1. The maximum atomic E-state index is 11.9. The van der Waals surface area contributed by atoms with Gasteiger partial charge in [-0.2, -0.15) is 0 Å². The van der Waals surface area contributed by atoms with Crippen molar-refractivity contribution < 1.29 is 15.0 Å². The van der Waals surface area contributed by atoms with E-state index in [1.165, 1.54) is 28.0 Å². The molecule has 0 unspecified atom stereocenters. The normalized spacial score (nSPS) is 17.6. The second-order valence-electron chi connectivity index (χ2n) is 11.8. The first-order valence-corrected chi connectivity index (χ1v) is 15.7. The summed E-state index contributed by atoms with van der Waals surface area (Å²) in [4.78, 5) is 19.1. The van der Waals surface area contributed by atoms with E-state index in [1.807, 2.05) is 12.1 Å². The van der Waals surface area contributed by atoms with Crippen LogP contribution in [-0.4, -0.2) is 52.4 Å². The highest BCUT2D eigenvalue weighted by Crippen LogP contribution is 2.43. The first-order chi connectivity index (χ1) is 21.3. The number of hydrogen-bond acceptors (Lipinski definition) is 4. The van der Waals surface area contributed by atoms with E-state index in [-0.39, 0.29) is 37.0 Å². The number of nitrogens with one attached hydrogen (secondary N) is 1. The van der Waals surface area contributed by atoms with E-state index < -0.39 is 12.0 Å². The van der Waals surface area contributed by atoms with Crippen LogP contribution in [0.3, 0.4) is 0 Å². The number of hydrogen-bond donors (Lipinski definition) is 6. The zero-order valence-corrected chi connectivity index (χ0v) is 25.4. The minimum atomic E-state index is -1.06. The van der Waals surface area contributed by atoms with Gasteiger partial charge < -0.3 is 37.7 Å². The highest BCUT2D eigenvalue weighted by molar-refractivity contribution is 5.87. The molecule has 1 heterocycles. The molecule has 0 fully saturated rings. The predicted octanol–water partition coefficient (Wildman–Crippen LogP) is 6.08. The van der Waals surface area contributed by atoms with Crippen molar-refractivity contribution in [2.75, 3.05) is 13.2 Å². The Labute approximate surface area is 260 Å². The molecule has 1 aromatic heterocycles. The Kier molecular flexibility index (Phi) is 12.4. The average molecular weight is 600 g/mol. The first-order valence-electron chi connectivity index (χ1n) is 15.7. The third kappa shape index (κ3) is 9.72. The molecule has 9 nitrogen and oxygen atoms in total. The lowest BCUT2D eigenvalue weighted by molar-refractivity contribution is -0.131. The van der Waals surface area contributed by atoms with Crippen molar-refractivity contribution in [3.63, 3.8) is 0 Å². The number of fused-ring (bicyclic) bond motifs is 2. The highest BCUT2D eigenvalue weighted by Gasteiger charge is 2.29. The molecule has 4 atom stereocenters. The number of carbonyl (C=O) groups is 1. The summed E-state index contributed by atoms with van der Waals surface area (Å²) in [7, 11) is 0. The largest absolute Gasteiger partial charge is 0.478 e. The van der Waals surface area contributed by atoms with E-state index >= 15 is 0 Å². The smallest absolute Gasteiger partial charge is 0.328 e. The molecule has 2 aromatic carbocycles. The molecule has 44 heavy (non-hydrogen) atoms. The molecule has 0 aliphatic heterocycles. The lowest BCUT2D eigenvalue weighted by atomic mass is 9.73. The van der Waals surface area contributed by atoms with Crippen molar-refractivity contribution >= 4 is 34.6 Å². The van der Waals surface area contributed by atoms with E-state index in [0.29, 0.717) is 17.8 Å². The van der Waals surface area contributed by atoms with E-state index in [2.05, 4.69) is 58.5 Å². The minimum Gasteiger partial charge on any atom is -0.478 e. The van der Waals surface area contributed by atoms with Crippen LogP contribution in [0.25, 0.3) is 22.2 Å². The molecule has 0 saturated heterocycles. The molecule has 0 spiro atoms. The number of aliphatic hydroxyl groups is 1. The van der Waals surface area contributed by atoms with Crippen LogP contribution >= 0.6 is 0 Å². The van der Waals surface area contributed by atoms with Gasteiger partial charge >= 0.3 is 5.97 Å². The van der Waals surface area contributed by atoms with Gasteiger partial charge in [-0.15, -0.1) is 0 Å². The standard InChI is InChI=1S/C35H47N6O3/c36-29(11-3-1-2-6-18-42)12-7-13-30-27(16-15-26-19-24-9-4-5-10-25(24)20-31(26)30)21-32(41-33-14-8-17-39-33)28(22-34(43)44)23-40-35(37)38/h4-5,8-10,14-17,19-20,22,27,29-30,32,39,42H,1-3,6-7,11-13,18,21,23,36H2,(H,43,44)(H4,37,38,40)/q-1/b28-22+/t27-,29+,30-,32+/m0/s1. The number of benzene rings is 2. The van der Waals surface area contributed by atoms with Crippen molar-refractivity contribution in [1.29, 1.82) is 0 Å². The molecule has 9 heteroatoms. The summed E-state index contributed by atoms with van der Waals surface area (Å²) in [5.74, 6) is -0.162. The third-order valence-electron chi connectivity index (χ3n) is 8.52. The number of aliphatic imine (C=N–C) groups is 1. The summed E-state index contributed by atoms with van der Waals surface area (Å²) in [6.07, 6.45) is 16.0. The van der Waals surface area contributed by atoms with Crippen molar-refractivity contribution in [2.45, 2.75) is 75.8 Å². The number of allylic oxidation sites excluding steroid dienone is 1. The van der Waals surface area contributed by atoms with Crippen LogP contribution < -0.4 is 17.2 Å². The molecule has 0 radical (unpaired) electrons. The Morgan fingerprint density at radius 1 is 1.02 bits per heavy atom. The minimum absolute atomic E-state index is 0.0546. The zero-order chi connectivity index (χ0) is 31.3. The molecule has 0 saturated carbocycles. The Balaban J connectivity index is 1.59. The summed E-state index contributed by atoms with van der Waals surface area (Å²) < 4.78 is 0. The number of H-pyrrole nitrogens is 1. The van der Waals surface area contributed by atoms with Crippen molar-refractivity contribution in [2.24, 2.45) is 28.1 Å². The van der Waals surface area contributed by atoms with Gasteiger partial charge in [0.15, 0.2) is 5.96 Å². The number of aliphatic hydroxyl groups excluding tert-OH is 1. The van der Waals surface area contributed by atoms with Gasteiger partial charge in [0.1, 0.15) is 0 Å². The van der Waals surface area contributed by atoms with Gasteiger partial charge in [-0.1, -0.05) is 92.3 Å². The van der Waals surface area contributed by atoms with Crippen LogP contribution in [0.15, 0.2) is 77.4 Å². The van der Waals surface area contributed by atoms with Crippen LogP contribution in [-0.2, 0) is 4.79 Å².